The van der Waals surface area contributed by atoms with Gasteiger partial charge < -0.3 is 14.4 Å². The quantitative estimate of drug-likeness (QED) is 0.924. The molecule has 0 unspecified atom stereocenters. The fourth-order valence-corrected chi connectivity index (χ4v) is 2.81. The Bertz CT molecular complexity index is 699. The van der Waals surface area contributed by atoms with Gasteiger partial charge in [0, 0.05) is 6.07 Å². The molecule has 0 aliphatic heterocycles. The van der Waals surface area contributed by atoms with Crippen LogP contribution in [-0.2, 0) is 0 Å². The van der Waals surface area contributed by atoms with Gasteiger partial charge in [0.15, 0.2) is 11.5 Å². The Labute approximate surface area is 128 Å². The number of carboxylic acid groups (broad SMARTS) is 1. The van der Waals surface area contributed by atoms with Gasteiger partial charge in [0.25, 0.3) is 0 Å². The summed E-state index contributed by atoms with van der Waals surface area (Å²) in [4.78, 5) is 11.0. The molecule has 3 rings (SSSR count). The Morgan fingerprint density at radius 1 is 1.32 bits per heavy atom. The van der Waals surface area contributed by atoms with Crippen molar-refractivity contribution in [2.24, 2.45) is 0 Å². The van der Waals surface area contributed by atoms with Gasteiger partial charge in [0.2, 0.25) is 0 Å². The number of carboxylic acids is 1. The van der Waals surface area contributed by atoms with Crippen LogP contribution in [-0.4, -0.2) is 22.3 Å². The molecule has 0 spiro atoms. The molecule has 5 nitrogen and oxygen atoms in total. The number of aromatic nitrogens is 1. The van der Waals surface area contributed by atoms with Crippen LogP contribution in [0.15, 0.2) is 22.7 Å². The van der Waals surface area contributed by atoms with Crippen LogP contribution in [0.3, 0.4) is 0 Å². The number of aryl methyl sites for hydroxylation is 1. The molecule has 1 aliphatic rings. The van der Waals surface area contributed by atoms with Crippen LogP contribution < -0.4 is 4.74 Å². The first-order valence-electron chi connectivity index (χ1n) is 7.53. The van der Waals surface area contributed by atoms with E-state index in [1.165, 1.54) is 18.9 Å². The minimum absolute atomic E-state index is 0.0972. The topological polar surface area (TPSA) is 72.6 Å². The second-order valence-electron chi connectivity index (χ2n) is 5.79. The van der Waals surface area contributed by atoms with Crippen molar-refractivity contribution in [1.29, 1.82) is 0 Å². The lowest BCUT2D eigenvalue weighted by atomic mass is 10.0. The number of aromatic carboxylic acids is 1. The van der Waals surface area contributed by atoms with Gasteiger partial charge in [-0.2, -0.15) is 0 Å². The zero-order valence-corrected chi connectivity index (χ0v) is 12.8. The molecule has 5 heteroatoms. The molecule has 1 heterocycles. The fourth-order valence-electron chi connectivity index (χ4n) is 2.81. The molecule has 116 valence electrons. The Balaban J connectivity index is 2.01. The highest BCUT2D eigenvalue weighted by molar-refractivity contribution is 5.87. The summed E-state index contributed by atoms with van der Waals surface area (Å²) in [6.45, 7) is 4.04. The number of hydrogen-bond acceptors (Lipinski definition) is 4. The predicted octanol–water partition coefficient (Wildman–Crippen LogP) is 3.98. The van der Waals surface area contributed by atoms with E-state index in [0.717, 1.165) is 35.3 Å². The first kappa shape index (κ1) is 14.6. The van der Waals surface area contributed by atoms with E-state index >= 15 is 0 Å². The average Bonchev–Trinajstić information content (AvgIpc) is 3.15. The molecular weight excluding hydrogens is 282 g/mol. The first-order valence-corrected chi connectivity index (χ1v) is 7.53. The van der Waals surface area contributed by atoms with Gasteiger partial charge in [0.1, 0.15) is 5.75 Å². The van der Waals surface area contributed by atoms with Crippen LogP contribution in [0.4, 0.5) is 0 Å². The summed E-state index contributed by atoms with van der Waals surface area (Å²) in [6.07, 6.45) is 4.72. The molecule has 1 fully saturated rings. The second kappa shape index (κ2) is 5.83. The van der Waals surface area contributed by atoms with Crippen molar-refractivity contribution in [3.05, 3.63) is 35.0 Å². The van der Waals surface area contributed by atoms with E-state index in [9.17, 15) is 4.79 Å². The fraction of sp³-hybridized carbons (Fsp3) is 0.412. The predicted molar refractivity (Wildman–Crippen MR) is 81.3 cm³/mol. The van der Waals surface area contributed by atoms with Gasteiger partial charge in [-0.05, 0) is 56.7 Å². The molecular formula is C17H19NO4. The standard InChI is InChI=1S/C17H19NO4/c1-10-7-8-13(15-9-14(17(19)20)18-22-15)16(11(10)2)21-12-5-3-4-6-12/h7-9,12H,3-6H2,1-2H3,(H,19,20). The zero-order chi connectivity index (χ0) is 15.7. The van der Waals surface area contributed by atoms with Gasteiger partial charge in [-0.25, -0.2) is 4.79 Å². The van der Waals surface area contributed by atoms with Crippen LogP contribution in [0.2, 0.25) is 0 Å². The maximum Gasteiger partial charge on any atom is 0.358 e. The normalized spacial score (nSPS) is 15.2. The Morgan fingerprint density at radius 3 is 2.68 bits per heavy atom. The third-order valence-corrected chi connectivity index (χ3v) is 4.26. The van der Waals surface area contributed by atoms with E-state index in [-0.39, 0.29) is 11.8 Å². The average molecular weight is 301 g/mol. The molecule has 1 aromatic heterocycles. The highest BCUT2D eigenvalue weighted by Gasteiger charge is 2.22. The molecule has 2 aromatic rings. The molecule has 1 N–H and O–H groups in total. The summed E-state index contributed by atoms with van der Waals surface area (Å²) < 4.78 is 11.4. The van der Waals surface area contributed by atoms with E-state index in [1.54, 1.807) is 0 Å². The van der Waals surface area contributed by atoms with Crippen molar-refractivity contribution in [3.63, 3.8) is 0 Å². The molecule has 22 heavy (non-hydrogen) atoms. The molecule has 1 aliphatic carbocycles. The van der Waals surface area contributed by atoms with E-state index in [0.29, 0.717) is 5.76 Å². The lowest BCUT2D eigenvalue weighted by Gasteiger charge is -2.19. The van der Waals surface area contributed by atoms with Crippen molar-refractivity contribution in [2.45, 2.75) is 45.6 Å². The van der Waals surface area contributed by atoms with E-state index in [1.807, 2.05) is 26.0 Å². The van der Waals surface area contributed by atoms with Crippen LogP contribution in [0.25, 0.3) is 11.3 Å². The third-order valence-electron chi connectivity index (χ3n) is 4.26. The molecule has 0 amide bonds. The van der Waals surface area contributed by atoms with Crippen LogP contribution in [0.1, 0.15) is 47.3 Å². The summed E-state index contributed by atoms with van der Waals surface area (Å²) in [6, 6.07) is 5.32. The molecule has 0 radical (unpaired) electrons. The van der Waals surface area contributed by atoms with Crippen molar-refractivity contribution in [1.82, 2.24) is 5.16 Å². The van der Waals surface area contributed by atoms with Crippen molar-refractivity contribution in [2.75, 3.05) is 0 Å². The van der Waals surface area contributed by atoms with E-state index in [2.05, 4.69) is 5.16 Å². The summed E-state index contributed by atoms with van der Waals surface area (Å²) in [7, 11) is 0. The second-order valence-corrected chi connectivity index (χ2v) is 5.79. The van der Waals surface area contributed by atoms with Crippen LogP contribution >= 0.6 is 0 Å². The smallest absolute Gasteiger partial charge is 0.358 e. The maximum absolute atomic E-state index is 11.0. The van der Waals surface area contributed by atoms with Gasteiger partial charge >= 0.3 is 5.97 Å². The van der Waals surface area contributed by atoms with Gasteiger partial charge in [-0.15, -0.1) is 0 Å². The zero-order valence-electron chi connectivity index (χ0n) is 12.8. The highest BCUT2D eigenvalue weighted by atomic mass is 16.5. The van der Waals surface area contributed by atoms with Crippen LogP contribution in [0, 0.1) is 13.8 Å². The summed E-state index contributed by atoms with van der Waals surface area (Å²) in [5.41, 5.74) is 2.85. The molecule has 0 atom stereocenters. The maximum atomic E-state index is 11.0. The van der Waals surface area contributed by atoms with E-state index in [4.69, 9.17) is 14.4 Å². The SMILES string of the molecule is Cc1ccc(-c2cc(C(=O)O)no2)c(OC2CCCC2)c1C. The summed E-state index contributed by atoms with van der Waals surface area (Å²) in [5.74, 6) is 0.102. The monoisotopic (exact) mass is 301 g/mol. The minimum Gasteiger partial charge on any atom is -0.489 e. The highest BCUT2D eigenvalue weighted by Crippen LogP contribution is 2.37. The molecule has 1 aromatic carbocycles. The minimum atomic E-state index is -1.10. The molecule has 0 saturated heterocycles. The first-order chi connectivity index (χ1) is 10.6. The third kappa shape index (κ3) is 2.71. The van der Waals surface area contributed by atoms with Crippen LogP contribution in [0.5, 0.6) is 5.75 Å². The number of carbonyl (C=O) groups is 1. The lowest BCUT2D eigenvalue weighted by molar-refractivity contribution is 0.0686. The van der Waals surface area contributed by atoms with Crippen molar-refractivity contribution >= 4 is 5.97 Å². The molecule has 1 saturated carbocycles. The lowest BCUT2D eigenvalue weighted by Crippen LogP contribution is -2.12. The number of hydrogen-bond donors (Lipinski definition) is 1. The van der Waals surface area contributed by atoms with Crippen molar-refractivity contribution in [3.8, 4) is 17.1 Å². The Hall–Kier alpha value is -2.30. The Morgan fingerprint density at radius 2 is 2.05 bits per heavy atom. The Kier molecular flexibility index (Phi) is 3.88. The summed E-state index contributed by atoms with van der Waals surface area (Å²) in [5, 5.41) is 12.6. The number of rotatable bonds is 4. The van der Waals surface area contributed by atoms with E-state index < -0.39 is 5.97 Å². The largest absolute Gasteiger partial charge is 0.489 e. The van der Waals surface area contributed by atoms with Crippen molar-refractivity contribution < 1.29 is 19.2 Å². The number of benzene rings is 1. The van der Waals surface area contributed by atoms with Gasteiger partial charge in [-0.1, -0.05) is 11.2 Å². The summed E-state index contributed by atoms with van der Waals surface area (Å²) >= 11 is 0. The number of ether oxygens (including phenoxy) is 1. The van der Waals surface area contributed by atoms with Gasteiger partial charge in [0.05, 0.1) is 11.7 Å². The number of nitrogens with zero attached hydrogens (tertiary/aromatic N) is 1. The molecule has 0 bridgehead atoms. The van der Waals surface area contributed by atoms with Gasteiger partial charge in [-0.3, -0.25) is 0 Å².